The lowest BCUT2D eigenvalue weighted by Gasteiger charge is -2.14. The summed E-state index contributed by atoms with van der Waals surface area (Å²) in [6.45, 7) is 9.70. The molecule has 6 rings (SSSR count). The Morgan fingerprint density at radius 1 is 1.15 bits per heavy atom. The summed E-state index contributed by atoms with van der Waals surface area (Å²) in [6, 6.07) is 15.0. The van der Waals surface area contributed by atoms with Gasteiger partial charge in [-0.15, -0.1) is 0 Å². The average Bonchev–Trinajstić information content (AvgIpc) is 3.77. The molecule has 2 fully saturated rings. The van der Waals surface area contributed by atoms with E-state index >= 15 is 0 Å². The molecule has 0 bridgehead atoms. The number of alkyl halides is 1. The molecule has 3 aromatic heterocycles. The van der Waals surface area contributed by atoms with E-state index in [4.69, 9.17) is 4.98 Å². The van der Waals surface area contributed by atoms with E-state index in [1.54, 1.807) is 0 Å². The predicted octanol–water partition coefficient (Wildman–Crippen LogP) is 8.56. The number of fused-ring (bicyclic) bond motifs is 2. The summed E-state index contributed by atoms with van der Waals surface area (Å²) in [5, 5.41) is 4.17. The standard InChI is InChI=1S/C27H26N4.C5H10FN.C2H6/c1-3-5-14-28-17-19(4-2)22-13-15-31-25(18-29-26(31)16-22)24-12-11-21-7-6-8-23(20-9-10-20)27(21)30-24;6-5-2-1-3-7-4-5;1-2/h4-8,11-18,20H,3,9-10H2,1-2H3;5,7H,1-4H2;1-2H3/b14-5+,19-4+,28-17+;;. The molecule has 1 atom stereocenters. The van der Waals surface area contributed by atoms with Crippen molar-refractivity contribution in [3.05, 3.63) is 84.3 Å². The summed E-state index contributed by atoms with van der Waals surface area (Å²) < 4.78 is 14.2. The Hall–Kier alpha value is -3.64. The van der Waals surface area contributed by atoms with Crippen LogP contribution in [-0.2, 0) is 0 Å². The summed E-state index contributed by atoms with van der Waals surface area (Å²) in [5.41, 5.74) is 7.55. The maximum atomic E-state index is 12.1. The van der Waals surface area contributed by atoms with Crippen LogP contribution in [0.1, 0.15) is 76.8 Å². The molecule has 5 nitrogen and oxygen atoms in total. The fraction of sp³-hybridized carbons (Fsp3) is 0.382. The number of nitrogens with zero attached hydrogens (tertiary/aromatic N) is 4. The quantitative estimate of drug-likeness (QED) is 0.250. The summed E-state index contributed by atoms with van der Waals surface area (Å²) in [7, 11) is 0. The lowest BCUT2D eigenvalue weighted by atomic mass is 10.1. The number of piperidine rings is 1. The summed E-state index contributed by atoms with van der Waals surface area (Å²) >= 11 is 0. The second-order valence-corrected chi connectivity index (χ2v) is 9.94. The number of imidazole rings is 1. The van der Waals surface area contributed by atoms with Gasteiger partial charge in [-0.2, -0.15) is 0 Å². The third-order valence-electron chi connectivity index (χ3n) is 7.07. The lowest BCUT2D eigenvalue weighted by Crippen LogP contribution is -2.30. The molecule has 4 heterocycles. The molecule has 1 aliphatic heterocycles. The highest BCUT2D eigenvalue weighted by Crippen LogP contribution is 2.42. The Morgan fingerprint density at radius 2 is 2.00 bits per heavy atom. The van der Waals surface area contributed by atoms with E-state index in [0.717, 1.165) is 59.5 Å². The summed E-state index contributed by atoms with van der Waals surface area (Å²) in [4.78, 5) is 14.1. The maximum Gasteiger partial charge on any atom is 0.137 e. The number of allylic oxidation sites excluding steroid dienone is 3. The Kier molecular flexibility index (Phi) is 10.8. The van der Waals surface area contributed by atoms with Gasteiger partial charge in [0.1, 0.15) is 11.8 Å². The van der Waals surface area contributed by atoms with Gasteiger partial charge in [-0.1, -0.05) is 57.2 Å². The minimum Gasteiger partial charge on any atom is -0.314 e. The van der Waals surface area contributed by atoms with Crippen LogP contribution in [0.5, 0.6) is 0 Å². The van der Waals surface area contributed by atoms with E-state index in [1.165, 1.54) is 23.8 Å². The van der Waals surface area contributed by atoms with Crippen molar-refractivity contribution in [1.82, 2.24) is 19.7 Å². The third-order valence-corrected chi connectivity index (χ3v) is 7.07. The normalized spacial score (nSPS) is 17.6. The molecule has 1 unspecified atom stereocenters. The molecule has 0 amide bonds. The van der Waals surface area contributed by atoms with Crippen LogP contribution in [0.15, 0.2) is 78.2 Å². The van der Waals surface area contributed by atoms with E-state index < -0.39 is 6.17 Å². The first-order valence-electron chi connectivity index (χ1n) is 14.7. The zero-order chi connectivity index (χ0) is 28.3. The average molecular weight is 540 g/mol. The van der Waals surface area contributed by atoms with Gasteiger partial charge >= 0.3 is 0 Å². The smallest absolute Gasteiger partial charge is 0.137 e. The first kappa shape index (κ1) is 29.3. The molecular formula is C34H42FN5. The highest BCUT2D eigenvalue weighted by molar-refractivity contribution is 6.10. The largest absolute Gasteiger partial charge is 0.314 e. The van der Waals surface area contributed by atoms with Crippen LogP contribution in [0.25, 0.3) is 33.5 Å². The van der Waals surface area contributed by atoms with Gasteiger partial charge in [-0.05, 0) is 86.4 Å². The first-order chi connectivity index (χ1) is 19.7. The van der Waals surface area contributed by atoms with Crippen molar-refractivity contribution >= 4 is 28.3 Å². The molecule has 210 valence electrons. The Labute approximate surface area is 238 Å². The fourth-order valence-electron chi connectivity index (χ4n) is 4.80. The molecular weight excluding hydrogens is 497 g/mol. The number of nitrogens with one attached hydrogen (secondary N) is 1. The zero-order valence-corrected chi connectivity index (χ0v) is 24.3. The Morgan fingerprint density at radius 3 is 2.67 bits per heavy atom. The van der Waals surface area contributed by atoms with E-state index in [2.05, 4.69) is 81.4 Å². The monoisotopic (exact) mass is 539 g/mol. The molecule has 0 spiro atoms. The van der Waals surface area contributed by atoms with Crippen molar-refractivity contribution in [2.45, 2.75) is 71.9 Å². The van der Waals surface area contributed by atoms with Gasteiger partial charge in [0.15, 0.2) is 0 Å². The number of aliphatic imine (C=N–C) groups is 1. The minimum absolute atomic E-state index is 0.569. The Balaban J connectivity index is 0.000000355. The highest BCUT2D eigenvalue weighted by atomic mass is 19.1. The van der Waals surface area contributed by atoms with Crippen LogP contribution in [-0.4, -0.2) is 39.8 Å². The number of benzene rings is 1. The van der Waals surface area contributed by atoms with E-state index in [-0.39, 0.29) is 0 Å². The van der Waals surface area contributed by atoms with Gasteiger partial charge in [0.25, 0.3) is 0 Å². The van der Waals surface area contributed by atoms with Gasteiger partial charge in [-0.3, -0.25) is 9.39 Å². The number of rotatable bonds is 6. The predicted molar refractivity (Wildman–Crippen MR) is 168 cm³/mol. The second kappa shape index (κ2) is 14.7. The van der Waals surface area contributed by atoms with Gasteiger partial charge < -0.3 is 5.32 Å². The SMILES string of the molecule is CC.C\C=C(/C=N/C=C/CC)c1ccn2c(-c3ccc4cccc(C5CC5)c4n3)cnc2c1.FC1CCCNC1. The molecule has 1 N–H and O–H groups in total. The van der Waals surface area contributed by atoms with Gasteiger partial charge in [0.05, 0.1) is 23.1 Å². The van der Waals surface area contributed by atoms with Crippen molar-refractivity contribution in [2.24, 2.45) is 4.99 Å². The van der Waals surface area contributed by atoms with Gasteiger partial charge in [0.2, 0.25) is 0 Å². The van der Waals surface area contributed by atoms with Crippen molar-refractivity contribution in [1.29, 1.82) is 0 Å². The number of hydrogen-bond donors (Lipinski definition) is 1. The van der Waals surface area contributed by atoms with E-state index in [9.17, 15) is 4.39 Å². The second-order valence-electron chi connectivity index (χ2n) is 9.94. The van der Waals surface area contributed by atoms with E-state index in [1.807, 2.05) is 45.5 Å². The number of para-hydroxylation sites is 1. The van der Waals surface area contributed by atoms with Crippen LogP contribution < -0.4 is 5.32 Å². The van der Waals surface area contributed by atoms with Gasteiger partial charge in [0, 0.05) is 30.5 Å². The molecule has 1 saturated carbocycles. The van der Waals surface area contributed by atoms with Crippen LogP contribution in [0, 0.1) is 0 Å². The van der Waals surface area contributed by atoms with Crippen molar-refractivity contribution in [3.8, 4) is 11.4 Å². The maximum absolute atomic E-state index is 12.1. The molecule has 0 radical (unpaired) electrons. The molecule has 4 aromatic rings. The molecule has 6 heteroatoms. The van der Waals surface area contributed by atoms with E-state index in [0.29, 0.717) is 12.5 Å². The Bertz CT molecular complexity index is 1470. The molecule has 1 aromatic carbocycles. The van der Waals surface area contributed by atoms with Gasteiger partial charge in [-0.25, -0.2) is 14.4 Å². The summed E-state index contributed by atoms with van der Waals surface area (Å²) in [5.74, 6) is 0.671. The minimum atomic E-state index is -0.575. The van der Waals surface area contributed by atoms with Crippen LogP contribution in [0.3, 0.4) is 0 Å². The number of pyridine rings is 2. The lowest BCUT2D eigenvalue weighted by molar-refractivity contribution is 0.266. The van der Waals surface area contributed by atoms with Crippen LogP contribution in [0.4, 0.5) is 4.39 Å². The van der Waals surface area contributed by atoms with Crippen molar-refractivity contribution in [2.75, 3.05) is 13.1 Å². The zero-order valence-electron chi connectivity index (χ0n) is 24.3. The van der Waals surface area contributed by atoms with Crippen molar-refractivity contribution in [3.63, 3.8) is 0 Å². The van der Waals surface area contributed by atoms with Crippen LogP contribution in [0.2, 0.25) is 0 Å². The van der Waals surface area contributed by atoms with Crippen LogP contribution >= 0.6 is 0 Å². The first-order valence-corrected chi connectivity index (χ1v) is 14.7. The number of halogens is 1. The third kappa shape index (κ3) is 7.30. The summed E-state index contributed by atoms with van der Waals surface area (Å²) in [6.07, 6.45) is 16.6. The molecule has 40 heavy (non-hydrogen) atoms. The van der Waals surface area contributed by atoms with Crippen molar-refractivity contribution < 1.29 is 4.39 Å². The molecule has 1 aliphatic carbocycles. The highest BCUT2D eigenvalue weighted by Gasteiger charge is 2.26. The molecule has 1 saturated heterocycles. The number of hydrogen-bond acceptors (Lipinski definition) is 4. The molecule has 2 aliphatic rings. The fourth-order valence-corrected chi connectivity index (χ4v) is 4.80. The number of aromatic nitrogens is 3. The topological polar surface area (TPSA) is 54.6 Å².